The fraction of sp³-hybridized carbons (Fsp3) is 0.412. The van der Waals surface area contributed by atoms with Crippen molar-refractivity contribution >= 4 is 22.5 Å². The molecule has 1 fully saturated rings. The van der Waals surface area contributed by atoms with Crippen LogP contribution in [0.1, 0.15) is 17.9 Å². The molecule has 1 saturated heterocycles. The van der Waals surface area contributed by atoms with Gasteiger partial charge in [-0.25, -0.2) is 9.07 Å². The minimum absolute atomic E-state index is 0.171. The molecule has 1 aliphatic heterocycles. The lowest BCUT2D eigenvalue weighted by molar-refractivity contribution is 0.139. The third-order valence-electron chi connectivity index (χ3n) is 4.77. The molecule has 1 aromatic carbocycles. The van der Waals surface area contributed by atoms with Crippen LogP contribution in [0.2, 0.25) is 5.02 Å². The second-order valence-electron chi connectivity index (χ2n) is 6.53. The van der Waals surface area contributed by atoms with Gasteiger partial charge in [0.05, 0.1) is 24.1 Å². The van der Waals surface area contributed by atoms with E-state index in [0.29, 0.717) is 11.6 Å². The zero-order valence-electron chi connectivity index (χ0n) is 13.7. The van der Waals surface area contributed by atoms with Crippen molar-refractivity contribution in [1.29, 1.82) is 0 Å². The van der Waals surface area contributed by atoms with Crippen molar-refractivity contribution in [2.45, 2.75) is 18.5 Å². The summed E-state index contributed by atoms with van der Waals surface area (Å²) < 4.78 is 18.1. The predicted octanol–water partition coefficient (Wildman–Crippen LogP) is 3.17. The zero-order chi connectivity index (χ0) is 16.8. The first kappa shape index (κ1) is 15.6. The molecule has 4 rings (SSSR count). The molecule has 3 heterocycles. The van der Waals surface area contributed by atoms with Crippen molar-refractivity contribution in [3.05, 3.63) is 41.3 Å². The Balaban J connectivity index is 1.80. The number of hydrogen-bond donors (Lipinski definition) is 0. The molecule has 2 aromatic heterocycles. The van der Waals surface area contributed by atoms with E-state index in [1.54, 1.807) is 17.1 Å². The van der Waals surface area contributed by atoms with Crippen LogP contribution in [0, 0.1) is 0 Å². The summed E-state index contributed by atoms with van der Waals surface area (Å²) in [7, 11) is 3.81. The van der Waals surface area contributed by atoms with E-state index < -0.39 is 6.17 Å². The molecular formula is C17H19ClFN5. The minimum atomic E-state index is -0.909. The fourth-order valence-corrected chi connectivity index (χ4v) is 3.79. The molecule has 1 aliphatic rings. The van der Waals surface area contributed by atoms with Crippen molar-refractivity contribution in [2.24, 2.45) is 7.05 Å². The summed E-state index contributed by atoms with van der Waals surface area (Å²) >= 11 is 6.46. The lowest BCUT2D eigenvalue weighted by Crippen LogP contribution is -2.38. The van der Waals surface area contributed by atoms with Crippen molar-refractivity contribution in [1.82, 2.24) is 24.5 Å². The lowest BCUT2D eigenvalue weighted by Gasteiger charge is -2.33. The molecule has 7 heteroatoms. The Morgan fingerprint density at radius 3 is 2.75 bits per heavy atom. The van der Waals surface area contributed by atoms with Gasteiger partial charge in [-0.15, -0.1) is 0 Å². The largest absolute Gasteiger partial charge is 0.303 e. The van der Waals surface area contributed by atoms with Crippen LogP contribution in [0.4, 0.5) is 4.39 Å². The van der Waals surface area contributed by atoms with Gasteiger partial charge in [0.1, 0.15) is 11.9 Å². The van der Waals surface area contributed by atoms with E-state index in [4.69, 9.17) is 11.6 Å². The number of hydrogen-bond acceptors (Lipinski definition) is 3. The summed E-state index contributed by atoms with van der Waals surface area (Å²) in [5.41, 5.74) is 2.67. The van der Waals surface area contributed by atoms with Crippen LogP contribution in [0.25, 0.3) is 16.6 Å². The van der Waals surface area contributed by atoms with E-state index in [1.165, 1.54) is 0 Å². The number of benzene rings is 1. The number of piperidine rings is 1. The first-order chi connectivity index (χ1) is 11.5. The van der Waals surface area contributed by atoms with Gasteiger partial charge in [0.2, 0.25) is 0 Å². The van der Waals surface area contributed by atoms with Gasteiger partial charge >= 0.3 is 0 Å². The van der Waals surface area contributed by atoms with Gasteiger partial charge in [0.25, 0.3) is 0 Å². The van der Waals surface area contributed by atoms with Crippen molar-refractivity contribution in [2.75, 3.05) is 20.1 Å². The van der Waals surface area contributed by atoms with Gasteiger partial charge in [-0.05, 0) is 37.7 Å². The normalized spacial score (nSPS) is 22.3. The molecule has 126 valence electrons. The Labute approximate surface area is 144 Å². The van der Waals surface area contributed by atoms with Gasteiger partial charge in [-0.1, -0.05) is 11.6 Å². The van der Waals surface area contributed by atoms with Gasteiger partial charge in [-0.2, -0.15) is 10.2 Å². The van der Waals surface area contributed by atoms with Gasteiger partial charge < -0.3 is 4.90 Å². The number of halogens is 2. The Morgan fingerprint density at radius 1 is 1.21 bits per heavy atom. The maximum atomic E-state index is 14.6. The molecule has 0 amide bonds. The van der Waals surface area contributed by atoms with Crippen LogP contribution in [0.5, 0.6) is 0 Å². The number of fused-ring (bicyclic) bond motifs is 1. The van der Waals surface area contributed by atoms with Crippen LogP contribution in [-0.2, 0) is 7.05 Å². The predicted molar refractivity (Wildman–Crippen MR) is 92.6 cm³/mol. The number of rotatable bonds is 2. The maximum Gasteiger partial charge on any atom is 0.120 e. The monoisotopic (exact) mass is 347 g/mol. The third-order valence-corrected chi connectivity index (χ3v) is 5.09. The van der Waals surface area contributed by atoms with E-state index in [0.717, 1.165) is 35.1 Å². The van der Waals surface area contributed by atoms with E-state index in [-0.39, 0.29) is 5.92 Å². The third kappa shape index (κ3) is 2.59. The molecule has 24 heavy (non-hydrogen) atoms. The molecule has 0 bridgehead atoms. The molecule has 5 nitrogen and oxygen atoms in total. The zero-order valence-corrected chi connectivity index (χ0v) is 14.4. The van der Waals surface area contributed by atoms with Crippen LogP contribution in [0.3, 0.4) is 0 Å². The first-order valence-corrected chi connectivity index (χ1v) is 8.39. The first-order valence-electron chi connectivity index (χ1n) is 8.02. The molecule has 2 atom stereocenters. The highest BCUT2D eigenvalue weighted by atomic mass is 35.5. The second kappa shape index (κ2) is 5.86. The smallest absolute Gasteiger partial charge is 0.120 e. The Morgan fingerprint density at radius 2 is 2.04 bits per heavy atom. The molecule has 0 N–H and O–H groups in total. The maximum absolute atomic E-state index is 14.6. The van der Waals surface area contributed by atoms with E-state index >= 15 is 0 Å². The SMILES string of the molecule is CN1CC[C@H](c2cc3c(cnn3-c3cnn(C)c3)cc2Cl)[C@@H](F)C1. The summed E-state index contributed by atoms with van der Waals surface area (Å²) in [5.74, 6) is -0.171. The fourth-order valence-electron chi connectivity index (χ4n) is 3.48. The number of alkyl halides is 1. The quantitative estimate of drug-likeness (QED) is 0.714. The second-order valence-corrected chi connectivity index (χ2v) is 6.94. The Kier molecular flexibility index (Phi) is 3.81. The number of likely N-dealkylation sites (tertiary alicyclic amines) is 1. The van der Waals surface area contributed by atoms with Gasteiger partial charge in [-0.3, -0.25) is 4.68 Å². The van der Waals surface area contributed by atoms with E-state index in [1.807, 2.05) is 42.0 Å². The van der Waals surface area contributed by atoms with E-state index in [9.17, 15) is 4.39 Å². The van der Waals surface area contributed by atoms with Crippen LogP contribution in [0.15, 0.2) is 30.7 Å². The number of aromatic nitrogens is 4. The van der Waals surface area contributed by atoms with E-state index in [2.05, 4.69) is 10.2 Å². The standard InChI is InChI=1S/C17H19ClFN5/c1-22-4-3-13(16(19)10-22)14-6-17-11(5-15(14)18)7-21-24(17)12-8-20-23(2)9-12/h5-9,13,16H,3-4,10H2,1-2H3/t13-,16+/m1/s1. The van der Waals surface area contributed by atoms with Crippen molar-refractivity contribution < 1.29 is 4.39 Å². The molecule has 0 saturated carbocycles. The van der Waals surface area contributed by atoms with Crippen LogP contribution >= 0.6 is 11.6 Å². The molecule has 0 unspecified atom stereocenters. The topological polar surface area (TPSA) is 38.9 Å². The highest BCUT2D eigenvalue weighted by molar-refractivity contribution is 6.32. The summed E-state index contributed by atoms with van der Waals surface area (Å²) in [6.45, 7) is 1.32. The van der Waals surface area contributed by atoms with Gasteiger partial charge in [0.15, 0.2) is 0 Å². The Hall–Kier alpha value is -1.92. The van der Waals surface area contributed by atoms with Crippen LogP contribution in [-0.4, -0.2) is 50.8 Å². The summed E-state index contributed by atoms with van der Waals surface area (Å²) in [6, 6.07) is 3.87. The highest BCUT2D eigenvalue weighted by Gasteiger charge is 2.30. The molecular weight excluding hydrogens is 329 g/mol. The molecule has 0 aliphatic carbocycles. The summed E-state index contributed by atoms with van der Waals surface area (Å²) in [4.78, 5) is 2.02. The number of aryl methyl sites for hydroxylation is 1. The Bertz CT molecular complexity index is 886. The molecule has 3 aromatic rings. The van der Waals surface area contributed by atoms with Crippen molar-refractivity contribution in [3.63, 3.8) is 0 Å². The highest BCUT2D eigenvalue weighted by Crippen LogP contribution is 2.37. The number of nitrogens with zero attached hydrogens (tertiary/aromatic N) is 5. The summed E-state index contributed by atoms with van der Waals surface area (Å²) in [5, 5.41) is 10.2. The van der Waals surface area contributed by atoms with Crippen LogP contribution < -0.4 is 0 Å². The minimum Gasteiger partial charge on any atom is -0.303 e. The lowest BCUT2D eigenvalue weighted by atomic mass is 9.87. The molecule has 0 radical (unpaired) electrons. The molecule has 0 spiro atoms. The average molecular weight is 348 g/mol. The average Bonchev–Trinajstić information content (AvgIpc) is 3.12. The summed E-state index contributed by atoms with van der Waals surface area (Å²) in [6.07, 6.45) is 5.29. The van der Waals surface area contributed by atoms with Gasteiger partial charge in [0, 0.05) is 29.9 Å². The van der Waals surface area contributed by atoms with Crippen molar-refractivity contribution in [3.8, 4) is 5.69 Å².